The van der Waals surface area contributed by atoms with Crippen molar-refractivity contribution in [1.29, 1.82) is 0 Å². The molecule has 0 saturated carbocycles. The summed E-state index contributed by atoms with van der Waals surface area (Å²) in [5.41, 5.74) is 4.53. The lowest BCUT2D eigenvalue weighted by molar-refractivity contribution is 1.05. The molecule has 1 aliphatic rings. The quantitative estimate of drug-likeness (QED) is 0.679. The van der Waals surface area contributed by atoms with Gasteiger partial charge in [-0.3, -0.25) is 0 Å². The molecule has 2 aromatic rings. The highest BCUT2D eigenvalue weighted by atomic mass is 14.1. The van der Waals surface area contributed by atoms with E-state index in [2.05, 4.69) is 36.4 Å². The lowest BCUT2D eigenvalue weighted by Gasteiger charge is -2.10. The molecular weight excluding hydrogens is 216 g/mol. The summed E-state index contributed by atoms with van der Waals surface area (Å²) >= 11 is 0. The van der Waals surface area contributed by atoms with Crippen molar-refractivity contribution in [3.63, 3.8) is 0 Å². The zero-order valence-electron chi connectivity index (χ0n) is 12.1. The van der Waals surface area contributed by atoms with Gasteiger partial charge in [-0.2, -0.15) is 0 Å². The smallest absolute Gasteiger partial charge is 0.0313 e. The largest absolute Gasteiger partial charge is 0.0842 e. The fourth-order valence-electron chi connectivity index (χ4n) is 2.17. The Morgan fingerprint density at radius 2 is 1.44 bits per heavy atom. The number of benzene rings is 2. The Morgan fingerprint density at radius 1 is 0.778 bits per heavy atom. The first-order valence-corrected chi connectivity index (χ1v) is 6.18. The van der Waals surface area contributed by atoms with E-state index < -0.39 is 6.37 Å². The van der Waals surface area contributed by atoms with Crippen molar-refractivity contribution in [1.82, 2.24) is 0 Å². The van der Waals surface area contributed by atoms with E-state index in [1.54, 1.807) is 6.08 Å². The number of allylic oxidation sites excluding steroid dienone is 4. The minimum atomic E-state index is -1.23. The minimum absolute atomic E-state index is 0.439. The Kier molecular flexibility index (Phi) is 2.51. The van der Waals surface area contributed by atoms with Gasteiger partial charge in [0.25, 0.3) is 0 Å². The molecule has 0 aliphatic heterocycles. The molecule has 0 unspecified atom stereocenters. The fourth-order valence-corrected chi connectivity index (χ4v) is 2.17. The van der Waals surface area contributed by atoms with Gasteiger partial charge in [0, 0.05) is 2.74 Å². The van der Waals surface area contributed by atoms with Crippen LogP contribution in [0.3, 0.4) is 0 Å². The van der Waals surface area contributed by atoms with Crippen molar-refractivity contribution in [3.8, 4) is 11.1 Å². The fraction of sp³-hybridized carbons (Fsp3) is 0.111. The van der Waals surface area contributed by atoms with Gasteiger partial charge in [-0.05, 0) is 35.1 Å². The number of hydrogen-bond donors (Lipinski definition) is 0. The maximum atomic E-state index is 7.82. The summed E-state index contributed by atoms with van der Waals surface area (Å²) in [5, 5.41) is 0. The van der Waals surface area contributed by atoms with Crippen molar-refractivity contribution < 1.29 is 2.74 Å². The summed E-state index contributed by atoms with van der Waals surface area (Å²) in [5.74, 6) is 0. The molecule has 0 heterocycles. The molecule has 0 saturated heterocycles. The first kappa shape index (κ1) is 8.93. The monoisotopic (exact) mass is 234 g/mol. The third-order valence-corrected chi connectivity index (χ3v) is 3.17. The first-order valence-electron chi connectivity index (χ1n) is 7.18. The van der Waals surface area contributed by atoms with Crippen LogP contribution in [0, 0.1) is 0 Å². The highest BCUT2D eigenvalue weighted by Crippen LogP contribution is 2.26. The second-order valence-electron chi connectivity index (χ2n) is 4.38. The molecule has 88 valence electrons. The van der Waals surface area contributed by atoms with E-state index in [4.69, 9.17) is 2.74 Å². The Morgan fingerprint density at radius 3 is 2.17 bits per heavy atom. The van der Waals surface area contributed by atoms with Crippen LogP contribution in [0.4, 0.5) is 0 Å². The van der Waals surface area contributed by atoms with E-state index >= 15 is 0 Å². The van der Waals surface area contributed by atoms with Crippen LogP contribution >= 0.6 is 0 Å². The molecule has 0 atom stereocenters. The van der Waals surface area contributed by atoms with E-state index in [-0.39, 0.29) is 0 Å². The van der Waals surface area contributed by atoms with Crippen LogP contribution in [0.2, 0.25) is 0 Å². The van der Waals surface area contributed by atoms with Crippen molar-refractivity contribution in [2.45, 2.75) is 12.8 Å². The third kappa shape index (κ3) is 2.28. The molecule has 0 spiro atoms. The van der Waals surface area contributed by atoms with Crippen LogP contribution in [0.1, 0.15) is 21.1 Å². The molecule has 0 nitrogen and oxygen atoms in total. The van der Waals surface area contributed by atoms with E-state index in [0.717, 1.165) is 11.1 Å². The van der Waals surface area contributed by atoms with Crippen LogP contribution in [0.5, 0.6) is 0 Å². The van der Waals surface area contributed by atoms with Gasteiger partial charge in [0.15, 0.2) is 0 Å². The molecule has 18 heavy (non-hydrogen) atoms. The van der Waals surface area contributed by atoms with Crippen molar-refractivity contribution in [2.75, 3.05) is 0 Å². The van der Waals surface area contributed by atoms with Crippen molar-refractivity contribution in [3.05, 3.63) is 78.4 Å². The molecule has 3 rings (SSSR count). The molecule has 0 radical (unpaired) electrons. The maximum absolute atomic E-state index is 7.82. The molecule has 0 N–H and O–H groups in total. The second-order valence-corrected chi connectivity index (χ2v) is 4.38. The maximum Gasteiger partial charge on any atom is 0.0313 e. The zero-order valence-corrected chi connectivity index (χ0v) is 10.1. The molecule has 2 aromatic carbocycles. The van der Waals surface area contributed by atoms with E-state index in [1.165, 1.54) is 11.1 Å². The summed E-state index contributed by atoms with van der Waals surface area (Å²) in [7, 11) is 0. The van der Waals surface area contributed by atoms with Crippen LogP contribution in [0.25, 0.3) is 16.7 Å². The molecule has 1 aliphatic carbocycles. The van der Waals surface area contributed by atoms with Crippen molar-refractivity contribution in [2.24, 2.45) is 0 Å². The summed E-state index contributed by atoms with van der Waals surface area (Å²) in [4.78, 5) is 0. The molecule has 0 heteroatoms. The SMILES string of the molecule is [2H]C1([2H])C=CC=C(c2ccc(-c3ccccc3)cc2)C1. The standard InChI is InChI=1S/C18H16/c1-3-7-15(8-4-1)17-11-13-18(14-12-17)16-9-5-2-6-10-16/h1-5,7-9,11-14H,6,10H2/i6D2. The van der Waals surface area contributed by atoms with Gasteiger partial charge in [0.2, 0.25) is 0 Å². The zero-order chi connectivity index (χ0) is 14.0. The molecule has 0 amide bonds. The van der Waals surface area contributed by atoms with E-state index in [1.807, 2.05) is 30.4 Å². The molecular formula is C18H16. The average Bonchev–Trinajstić information content (AvgIpc) is 2.47. The molecule has 0 fully saturated rings. The predicted molar refractivity (Wildman–Crippen MR) is 78.2 cm³/mol. The second kappa shape index (κ2) is 5.05. The summed E-state index contributed by atoms with van der Waals surface area (Å²) < 4.78 is 15.6. The first-order chi connectivity index (χ1) is 9.64. The summed E-state index contributed by atoms with van der Waals surface area (Å²) in [6, 6.07) is 18.6. The van der Waals surface area contributed by atoms with Gasteiger partial charge in [0.05, 0.1) is 0 Å². The van der Waals surface area contributed by atoms with Crippen LogP contribution in [0.15, 0.2) is 72.8 Å². The highest BCUT2D eigenvalue weighted by molar-refractivity contribution is 5.71. The highest BCUT2D eigenvalue weighted by Gasteiger charge is 2.03. The summed E-state index contributed by atoms with van der Waals surface area (Å²) in [6.07, 6.45) is 4.63. The van der Waals surface area contributed by atoms with Gasteiger partial charge in [-0.25, -0.2) is 0 Å². The van der Waals surface area contributed by atoms with Crippen LogP contribution in [-0.2, 0) is 0 Å². The topological polar surface area (TPSA) is 0 Å². The number of hydrogen-bond acceptors (Lipinski definition) is 0. The lowest BCUT2D eigenvalue weighted by Crippen LogP contribution is -1.88. The van der Waals surface area contributed by atoms with Gasteiger partial charge < -0.3 is 0 Å². The van der Waals surface area contributed by atoms with E-state index in [0.29, 0.717) is 6.42 Å². The van der Waals surface area contributed by atoms with Crippen molar-refractivity contribution >= 4 is 5.57 Å². The third-order valence-electron chi connectivity index (χ3n) is 3.17. The van der Waals surface area contributed by atoms with Gasteiger partial charge in [0.1, 0.15) is 0 Å². The number of rotatable bonds is 2. The van der Waals surface area contributed by atoms with E-state index in [9.17, 15) is 0 Å². The Labute approximate surface area is 111 Å². The summed E-state index contributed by atoms with van der Waals surface area (Å²) in [6.45, 7) is 0. The molecule has 0 aromatic heterocycles. The molecule has 0 bridgehead atoms. The van der Waals surface area contributed by atoms with Crippen LogP contribution < -0.4 is 0 Å². The lowest BCUT2D eigenvalue weighted by atomic mass is 9.95. The van der Waals surface area contributed by atoms with Crippen LogP contribution in [-0.4, -0.2) is 0 Å². The average molecular weight is 234 g/mol. The van der Waals surface area contributed by atoms with Gasteiger partial charge >= 0.3 is 0 Å². The minimum Gasteiger partial charge on any atom is -0.0842 e. The van der Waals surface area contributed by atoms with Gasteiger partial charge in [-0.15, -0.1) is 0 Å². The Balaban J connectivity index is 1.88. The predicted octanol–water partition coefficient (Wildman–Crippen LogP) is 5.09. The van der Waals surface area contributed by atoms with Gasteiger partial charge in [-0.1, -0.05) is 72.8 Å². The Bertz CT molecular complexity index is 650. The normalized spacial score (nSPS) is 18.8. The Hall–Kier alpha value is -2.08.